The highest BCUT2D eigenvalue weighted by molar-refractivity contribution is 6.29. The van der Waals surface area contributed by atoms with Gasteiger partial charge in [-0.1, -0.05) is 29.4 Å². The number of hydrogen-bond donors (Lipinski definition) is 0. The average Bonchev–Trinajstić information content (AvgIpc) is 3.42. The molecule has 2 heterocycles. The SMILES string of the molecule is O=C(c1ccccc1F)N(Cc1cccc(C(F)(F)F)c1)CC1CC(c2ccc(Cl)o2)=NO1. The topological polar surface area (TPSA) is 55.0 Å². The molecule has 1 unspecified atom stereocenters. The Morgan fingerprint density at radius 2 is 1.91 bits per heavy atom. The number of nitrogens with zero attached hydrogens (tertiary/aromatic N) is 2. The van der Waals surface area contributed by atoms with E-state index >= 15 is 0 Å². The summed E-state index contributed by atoms with van der Waals surface area (Å²) in [6.45, 7) is -0.219. The highest BCUT2D eigenvalue weighted by atomic mass is 35.5. The van der Waals surface area contributed by atoms with E-state index in [9.17, 15) is 22.4 Å². The van der Waals surface area contributed by atoms with Crippen LogP contribution in [-0.2, 0) is 17.6 Å². The van der Waals surface area contributed by atoms with Crippen LogP contribution in [0.1, 0.15) is 33.7 Å². The number of furan rings is 1. The molecular weight excluding hydrogens is 464 g/mol. The first-order valence-electron chi connectivity index (χ1n) is 9.89. The van der Waals surface area contributed by atoms with Gasteiger partial charge in [-0.15, -0.1) is 0 Å². The fourth-order valence-corrected chi connectivity index (χ4v) is 3.62. The summed E-state index contributed by atoms with van der Waals surface area (Å²) in [5.74, 6) is -0.998. The van der Waals surface area contributed by atoms with Crippen LogP contribution in [0, 0.1) is 5.82 Å². The van der Waals surface area contributed by atoms with Crippen molar-refractivity contribution in [1.29, 1.82) is 0 Å². The average molecular weight is 481 g/mol. The number of rotatable bonds is 6. The summed E-state index contributed by atoms with van der Waals surface area (Å²) >= 11 is 5.79. The molecule has 0 saturated carbocycles. The molecule has 0 radical (unpaired) electrons. The predicted octanol–water partition coefficient (Wildman–Crippen LogP) is 5.93. The lowest BCUT2D eigenvalue weighted by Gasteiger charge is -2.25. The molecule has 3 aromatic rings. The molecule has 0 bridgehead atoms. The summed E-state index contributed by atoms with van der Waals surface area (Å²) in [7, 11) is 0. The van der Waals surface area contributed by atoms with Gasteiger partial charge >= 0.3 is 6.18 Å². The van der Waals surface area contributed by atoms with Gasteiger partial charge in [0, 0.05) is 13.0 Å². The molecule has 2 aromatic carbocycles. The zero-order chi connectivity index (χ0) is 23.6. The smallest absolute Gasteiger partial charge is 0.416 e. The maximum Gasteiger partial charge on any atom is 0.416 e. The molecule has 0 N–H and O–H groups in total. The minimum atomic E-state index is -4.53. The van der Waals surface area contributed by atoms with Gasteiger partial charge in [0.15, 0.2) is 17.1 Å². The Labute approximate surface area is 191 Å². The van der Waals surface area contributed by atoms with Gasteiger partial charge < -0.3 is 14.2 Å². The van der Waals surface area contributed by atoms with Gasteiger partial charge in [-0.2, -0.15) is 13.2 Å². The molecule has 4 rings (SSSR count). The van der Waals surface area contributed by atoms with Crippen LogP contribution in [0.3, 0.4) is 0 Å². The number of oxime groups is 1. The molecular formula is C23H17ClF4N2O3. The maximum absolute atomic E-state index is 14.3. The number of carbonyl (C=O) groups is 1. The summed E-state index contributed by atoms with van der Waals surface area (Å²) in [5, 5.41) is 4.14. The molecule has 5 nitrogen and oxygen atoms in total. The van der Waals surface area contributed by atoms with E-state index in [1.807, 2.05) is 0 Å². The molecule has 0 fully saturated rings. The third kappa shape index (κ3) is 5.36. The normalized spacial score (nSPS) is 15.8. The largest absolute Gasteiger partial charge is 0.443 e. The lowest BCUT2D eigenvalue weighted by atomic mass is 10.1. The highest BCUT2D eigenvalue weighted by Crippen LogP contribution is 2.30. The monoisotopic (exact) mass is 480 g/mol. The van der Waals surface area contributed by atoms with Crippen molar-refractivity contribution in [3.63, 3.8) is 0 Å². The van der Waals surface area contributed by atoms with E-state index in [1.54, 1.807) is 12.1 Å². The second-order valence-electron chi connectivity index (χ2n) is 7.44. The fourth-order valence-electron chi connectivity index (χ4n) is 3.48. The van der Waals surface area contributed by atoms with E-state index in [4.69, 9.17) is 20.9 Å². The van der Waals surface area contributed by atoms with Gasteiger partial charge in [0.2, 0.25) is 0 Å². The van der Waals surface area contributed by atoms with Gasteiger partial charge in [-0.25, -0.2) is 4.39 Å². The summed E-state index contributed by atoms with van der Waals surface area (Å²) in [5.41, 5.74) is -0.312. The third-order valence-electron chi connectivity index (χ3n) is 5.03. The number of alkyl halides is 3. The molecule has 0 saturated heterocycles. The molecule has 1 amide bonds. The van der Waals surface area contributed by atoms with Gasteiger partial charge in [0.25, 0.3) is 5.91 Å². The Hall–Kier alpha value is -3.33. The van der Waals surface area contributed by atoms with Crippen molar-refractivity contribution < 1.29 is 31.6 Å². The summed E-state index contributed by atoms with van der Waals surface area (Å²) in [6.07, 6.45) is -4.86. The molecule has 33 heavy (non-hydrogen) atoms. The summed E-state index contributed by atoms with van der Waals surface area (Å²) in [6, 6.07) is 13.2. The minimum absolute atomic E-state index is 0.0369. The summed E-state index contributed by atoms with van der Waals surface area (Å²) in [4.78, 5) is 19.8. The number of halogens is 5. The van der Waals surface area contributed by atoms with Gasteiger partial charge in [-0.05, 0) is 53.6 Å². The Morgan fingerprint density at radius 3 is 2.61 bits per heavy atom. The van der Waals surface area contributed by atoms with E-state index in [2.05, 4.69) is 5.16 Å². The van der Waals surface area contributed by atoms with Crippen molar-refractivity contribution in [2.45, 2.75) is 25.2 Å². The number of hydrogen-bond acceptors (Lipinski definition) is 4. The minimum Gasteiger partial charge on any atom is -0.443 e. The van der Waals surface area contributed by atoms with E-state index in [1.165, 1.54) is 35.2 Å². The second kappa shape index (κ2) is 9.27. The van der Waals surface area contributed by atoms with Crippen LogP contribution >= 0.6 is 11.6 Å². The highest BCUT2D eigenvalue weighted by Gasteiger charge is 2.32. The van der Waals surface area contributed by atoms with Crippen LogP contribution in [0.15, 0.2) is 70.2 Å². The van der Waals surface area contributed by atoms with E-state index in [-0.39, 0.29) is 35.9 Å². The van der Waals surface area contributed by atoms with Crippen molar-refractivity contribution in [3.05, 3.63) is 94.2 Å². The van der Waals surface area contributed by atoms with Crippen molar-refractivity contribution in [3.8, 4) is 0 Å². The molecule has 1 atom stereocenters. The Morgan fingerprint density at radius 1 is 1.12 bits per heavy atom. The first kappa shape index (κ1) is 22.8. The van der Waals surface area contributed by atoms with E-state index in [0.29, 0.717) is 11.5 Å². The van der Waals surface area contributed by atoms with Gasteiger partial charge in [0.05, 0.1) is 17.7 Å². The Bertz CT molecular complexity index is 1190. The molecule has 1 aliphatic heterocycles. The Kier molecular flexibility index (Phi) is 6.42. The fraction of sp³-hybridized carbons (Fsp3) is 0.217. The van der Waals surface area contributed by atoms with Gasteiger partial charge in [0.1, 0.15) is 11.5 Å². The molecule has 10 heteroatoms. The van der Waals surface area contributed by atoms with Crippen LogP contribution < -0.4 is 0 Å². The van der Waals surface area contributed by atoms with Gasteiger partial charge in [-0.3, -0.25) is 4.79 Å². The number of amides is 1. The quantitative estimate of drug-likeness (QED) is 0.411. The first-order chi connectivity index (χ1) is 15.7. The Balaban J connectivity index is 1.56. The lowest BCUT2D eigenvalue weighted by molar-refractivity contribution is -0.137. The number of carbonyl (C=O) groups excluding carboxylic acids is 1. The molecule has 0 aliphatic carbocycles. The third-order valence-corrected chi connectivity index (χ3v) is 5.24. The van der Waals surface area contributed by atoms with Crippen molar-refractivity contribution in [2.24, 2.45) is 5.16 Å². The van der Waals surface area contributed by atoms with Crippen LogP contribution in [0.25, 0.3) is 0 Å². The molecule has 1 aliphatic rings. The van der Waals surface area contributed by atoms with Crippen LogP contribution in [0.5, 0.6) is 0 Å². The second-order valence-corrected chi connectivity index (χ2v) is 7.81. The summed E-state index contributed by atoms with van der Waals surface area (Å²) < 4.78 is 59.0. The van der Waals surface area contributed by atoms with Crippen LogP contribution in [0.4, 0.5) is 17.6 Å². The lowest BCUT2D eigenvalue weighted by Crippen LogP contribution is -2.37. The van der Waals surface area contributed by atoms with Crippen molar-refractivity contribution in [1.82, 2.24) is 4.90 Å². The van der Waals surface area contributed by atoms with Crippen LogP contribution in [0.2, 0.25) is 5.22 Å². The first-order valence-corrected chi connectivity index (χ1v) is 10.3. The van der Waals surface area contributed by atoms with Crippen LogP contribution in [-0.4, -0.2) is 29.2 Å². The standard InChI is InChI=1S/C23H17ClF4N2O3/c24-21-9-8-20(32-21)19-11-16(33-29-19)13-30(22(31)17-6-1-2-7-18(17)25)12-14-4-3-5-15(10-14)23(26,27)28/h1-10,16H,11-13H2. The molecule has 172 valence electrons. The van der Waals surface area contributed by atoms with E-state index in [0.717, 1.165) is 18.2 Å². The molecule has 0 spiro atoms. The number of benzene rings is 2. The molecule has 1 aromatic heterocycles. The van der Waals surface area contributed by atoms with Crippen molar-refractivity contribution >= 4 is 23.2 Å². The zero-order valence-corrected chi connectivity index (χ0v) is 17.7. The van der Waals surface area contributed by atoms with E-state index < -0.39 is 29.6 Å². The predicted molar refractivity (Wildman–Crippen MR) is 112 cm³/mol. The van der Waals surface area contributed by atoms with Crippen molar-refractivity contribution in [2.75, 3.05) is 6.54 Å². The maximum atomic E-state index is 14.3. The zero-order valence-electron chi connectivity index (χ0n) is 17.0.